The number of aromatic nitrogens is 2. The summed E-state index contributed by atoms with van der Waals surface area (Å²) in [5.41, 5.74) is 16.3. The molecule has 48 heavy (non-hydrogen) atoms. The molecule has 2 aromatic heterocycles. The quantitative estimate of drug-likeness (QED) is 0.125. The van der Waals surface area contributed by atoms with Crippen LogP contribution in [0.4, 0.5) is 11.4 Å². The van der Waals surface area contributed by atoms with E-state index in [0.29, 0.717) is 28.9 Å². The number of nitrogens with zero attached hydrogens (tertiary/aromatic N) is 2. The summed E-state index contributed by atoms with van der Waals surface area (Å²) in [5.74, 6) is -2.89. The highest BCUT2D eigenvalue weighted by Gasteiger charge is 2.23. The molecule has 10 heteroatoms. The molecule has 240 valence electrons. The molecule has 6 rings (SSSR count). The lowest BCUT2D eigenvalue weighted by molar-refractivity contribution is -0.118. The third-order valence-electron chi connectivity index (χ3n) is 8.46. The van der Waals surface area contributed by atoms with Crippen molar-refractivity contribution in [1.29, 1.82) is 0 Å². The molecule has 7 N–H and O–H groups in total. The Kier molecular flexibility index (Phi) is 9.47. The Morgan fingerprint density at radius 3 is 1.67 bits per heavy atom. The van der Waals surface area contributed by atoms with Crippen molar-refractivity contribution in [2.75, 3.05) is 23.7 Å². The maximum atomic E-state index is 13.4. The molecule has 2 amide bonds. The molecule has 0 bridgehead atoms. The first-order valence-corrected chi connectivity index (χ1v) is 15.5. The number of aromatic carboxylic acids is 1. The Labute approximate surface area is 276 Å². The van der Waals surface area contributed by atoms with Crippen LogP contribution in [0.3, 0.4) is 0 Å². The average Bonchev–Trinajstić information content (AvgIpc) is 3.09. The molecule has 0 fully saturated rings. The number of nitrogens with two attached hydrogens (primary N) is 2. The van der Waals surface area contributed by atoms with Crippen molar-refractivity contribution < 1.29 is 19.5 Å². The molecule has 10 nitrogen and oxygen atoms in total. The number of anilines is 2. The van der Waals surface area contributed by atoms with E-state index in [0.717, 1.165) is 32.7 Å². The highest BCUT2D eigenvalue weighted by Crippen LogP contribution is 2.26. The lowest BCUT2D eigenvalue weighted by atomic mass is 9.90. The summed E-state index contributed by atoms with van der Waals surface area (Å²) in [7, 11) is 0. The molecule has 4 aromatic carbocycles. The minimum absolute atomic E-state index is 0.0306. The summed E-state index contributed by atoms with van der Waals surface area (Å²) in [6.45, 7) is 0.135. The van der Waals surface area contributed by atoms with Crippen molar-refractivity contribution in [2.24, 2.45) is 11.5 Å². The van der Waals surface area contributed by atoms with E-state index in [1.807, 2.05) is 66.7 Å². The summed E-state index contributed by atoms with van der Waals surface area (Å²) in [5, 5.41) is 19.7. The number of hydrogen-bond acceptors (Lipinski definition) is 7. The SMILES string of the molecule is NCC(C(=O)Nc1ccc2cnccc2c1)c1ccc(Cc2cc(C(CN)C(=O)Nc3ccc4cnccc4c3)ccc2C(=O)O)cc1. The molecule has 0 aliphatic heterocycles. The van der Waals surface area contributed by atoms with Crippen LogP contribution in [0.25, 0.3) is 21.5 Å². The van der Waals surface area contributed by atoms with Gasteiger partial charge in [-0.2, -0.15) is 0 Å². The highest BCUT2D eigenvalue weighted by molar-refractivity contribution is 5.99. The van der Waals surface area contributed by atoms with E-state index in [9.17, 15) is 19.5 Å². The fourth-order valence-corrected chi connectivity index (χ4v) is 5.84. The number of pyridine rings is 2. The van der Waals surface area contributed by atoms with Crippen LogP contribution in [0.1, 0.15) is 44.4 Å². The van der Waals surface area contributed by atoms with Gasteiger partial charge in [0.15, 0.2) is 0 Å². The first-order chi connectivity index (χ1) is 23.3. The minimum atomic E-state index is -1.07. The number of carboxylic acids is 1. The number of carboxylic acid groups (broad SMARTS) is 1. The Morgan fingerprint density at radius 1 is 0.625 bits per heavy atom. The Hall–Kier alpha value is -5.97. The maximum absolute atomic E-state index is 13.4. The van der Waals surface area contributed by atoms with Gasteiger partial charge in [0, 0.05) is 60.0 Å². The van der Waals surface area contributed by atoms with Crippen molar-refractivity contribution in [3.63, 3.8) is 0 Å². The van der Waals surface area contributed by atoms with Crippen LogP contribution in [-0.4, -0.2) is 45.9 Å². The molecule has 2 heterocycles. The molecule has 0 spiro atoms. The molecular formula is C38H34N6O4. The lowest BCUT2D eigenvalue weighted by Crippen LogP contribution is -2.27. The zero-order chi connectivity index (χ0) is 33.6. The summed E-state index contributed by atoms with van der Waals surface area (Å²) < 4.78 is 0. The molecule has 0 saturated heterocycles. The van der Waals surface area contributed by atoms with Crippen molar-refractivity contribution in [1.82, 2.24) is 9.97 Å². The molecule has 2 unspecified atom stereocenters. The Bertz CT molecular complexity index is 2130. The number of carbonyl (C=O) groups is 3. The van der Waals surface area contributed by atoms with E-state index in [1.54, 1.807) is 43.0 Å². The van der Waals surface area contributed by atoms with Crippen molar-refractivity contribution >= 4 is 50.7 Å². The summed E-state index contributed by atoms with van der Waals surface area (Å²) >= 11 is 0. The van der Waals surface area contributed by atoms with Crippen molar-refractivity contribution in [3.05, 3.63) is 144 Å². The number of fused-ring (bicyclic) bond motifs is 2. The van der Waals surface area contributed by atoms with Gasteiger partial charge < -0.3 is 27.2 Å². The van der Waals surface area contributed by atoms with E-state index < -0.39 is 17.8 Å². The monoisotopic (exact) mass is 638 g/mol. The zero-order valence-electron chi connectivity index (χ0n) is 26.0. The van der Waals surface area contributed by atoms with Crippen LogP contribution in [0.2, 0.25) is 0 Å². The fraction of sp³-hybridized carbons (Fsp3) is 0.132. The van der Waals surface area contributed by atoms with Crippen molar-refractivity contribution in [2.45, 2.75) is 18.3 Å². The number of hydrogen-bond donors (Lipinski definition) is 5. The molecule has 0 saturated carbocycles. The van der Waals surface area contributed by atoms with Gasteiger partial charge in [-0.25, -0.2) is 4.79 Å². The van der Waals surface area contributed by atoms with E-state index in [2.05, 4.69) is 20.6 Å². The van der Waals surface area contributed by atoms with Gasteiger partial charge >= 0.3 is 5.97 Å². The standard InChI is InChI=1S/C38H34N6O4/c39-19-34(36(45)43-31-8-5-28-21-41-13-11-25(28)17-31)24-3-1-23(2-4-24)15-30-16-27(7-10-33(30)38(47)48)35(20-40)37(46)44-32-9-6-29-22-42-14-12-26(29)18-32/h1-14,16-18,21-22,34-35H,15,19-20,39-40H2,(H,43,45)(H,44,46)(H,47,48). The third kappa shape index (κ3) is 7.05. The second-order valence-corrected chi connectivity index (χ2v) is 11.6. The van der Waals surface area contributed by atoms with Gasteiger partial charge in [0.25, 0.3) is 0 Å². The van der Waals surface area contributed by atoms with Crippen LogP contribution < -0.4 is 22.1 Å². The molecule has 2 atom stereocenters. The van der Waals surface area contributed by atoms with E-state index in [-0.39, 0.29) is 30.5 Å². The van der Waals surface area contributed by atoms with Crippen LogP contribution in [-0.2, 0) is 16.0 Å². The largest absolute Gasteiger partial charge is 0.478 e. The van der Waals surface area contributed by atoms with Crippen LogP contribution >= 0.6 is 0 Å². The van der Waals surface area contributed by atoms with Crippen LogP contribution in [0.15, 0.2) is 116 Å². The molecule has 0 aliphatic carbocycles. The maximum Gasteiger partial charge on any atom is 0.335 e. The van der Waals surface area contributed by atoms with Gasteiger partial charge in [-0.05, 0) is 81.9 Å². The van der Waals surface area contributed by atoms with Gasteiger partial charge in [0.2, 0.25) is 11.8 Å². The molecule has 6 aromatic rings. The zero-order valence-corrected chi connectivity index (χ0v) is 26.0. The number of carbonyl (C=O) groups excluding carboxylic acids is 2. The minimum Gasteiger partial charge on any atom is -0.478 e. The summed E-state index contributed by atoms with van der Waals surface area (Å²) in [4.78, 5) is 47.0. The average molecular weight is 639 g/mol. The number of nitrogens with one attached hydrogen (secondary N) is 2. The van der Waals surface area contributed by atoms with Gasteiger partial charge in [0.1, 0.15) is 0 Å². The van der Waals surface area contributed by atoms with E-state index in [4.69, 9.17) is 11.5 Å². The third-order valence-corrected chi connectivity index (χ3v) is 8.46. The first-order valence-electron chi connectivity index (χ1n) is 15.5. The van der Waals surface area contributed by atoms with Gasteiger partial charge in [0.05, 0.1) is 17.4 Å². The van der Waals surface area contributed by atoms with Gasteiger partial charge in [-0.1, -0.05) is 48.5 Å². The van der Waals surface area contributed by atoms with Crippen LogP contribution in [0, 0.1) is 0 Å². The van der Waals surface area contributed by atoms with Crippen molar-refractivity contribution in [3.8, 4) is 0 Å². The number of benzene rings is 4. The smallest absolute Gasteiger partial charge is 0.335 e. The van der Waals surface area contributed by atoms with E-state index in [1.165, 1.54) is 6.07 Å². The highest BCUT2D eigenvalue weighted by atomic mass is 16.4. The normalized spacial score (nSPS) is 12.4. The number of amides is 2. The first kappa shape index (κ1) is 32.0. The second-order valence-electron chi connectivity index (χ2n) is 11.6. The second kappa shape index (κ2) is 14.2. The molecule has 0 radical (unpaired) electrons. The Balaban J connectivity index is 1.18. The van der Waals surface area contributed by atoms with Gasteiger partial charge in [-0.15, -0.1) is 0 Å². The molecule has 0 aliphatic rings. The topological polar surface area (TPSA) is 173 Å². The number of rotatable bonds is 11. The Morgan fingerprint density at radius 2 is 1.15 bits per heavy atom. The summed E-state index contributed by atoms with van der Waals surface area (Å²) in [6, 6.07) is 27.2. The van der Waals surface area contributed by atoms with E-state index >= 15 is 0 Å². The van der Waals surface area contributed by atoms with Gasteiger partial charge in [-0.3, -0.25) is 19.6 Å². The predicted octanol–water partition coefficient (Wildman–Crippen LogP) is 5.43. The fourth-order valence-electron chi connectivity index (χ4n) is 5.84. The lowest BCUT2D eigenvalue weighted by Gasteiger charge is -2.18. The predicted molar refractivity (Wildman–Crippen MR) is 187 cm³/mol. The summed E-state index contributed by atoms with van der Waals surface area (Å²) in [6.07, 6.45) is 7.20. The van der Waals surface area contributed by atoms with Crippen LogP contribution in [0.5, 0.6) is 0 Å². The molecular weight excluding hydrogens is 604 g/mol.